The van der Waals surface area contributed by atoms with Gasteiger partial charge in [-0.05, 0) is 28.6 Å². The topological polar surface area (TPSA) is 55.0 Å². The SMILES string of the molecule is CCC(CSC)N(C)c1nc(N)cc(Br)n1. The quantitative estimate of drug-likeness (QED) is 0.847. The van der Waals surface area contributed by atoms with Gasteiger partial charge in [-0.3, -0.25) is 0 Å². The van der Waals surface area contributed by atoms with E-state index in [0.29, 0.717) is 17.8 Å². The molecule has 0 aliphatic carbocycles. The summed E-state index contributed by atoms with van der Waals surface area (Å²) in [6.07, 6.45) is 3.17. The highest BCUT2D eigenvalue weighted by molar-refractivity contribution is 9.10. The van der Waals surface area contributed by atoms with Crippen molar-refractivity contribution in [2.75, 3.05) is 29.7 Å². The van der Waals surface area contributed by atoms with Crippen LogP contribution in [-0.2, 0) is 0 Å². The highest BCUT2D eigenvalue weighted by Gasteiger charge is 2.15. The van der Waals surface area contributed by atoms with Crippen LogP contribution in [0.4, 0.5) is 11.8 Å². The molecule has 1 heterocycles. The first-order chi connectivity index (χ1) is 7.58. The predicted octanol–water partition coefficient (Wildman–Crippen LogP) is 2.40. The van der Waals surface area contributed by atoms with E-state index in [2.05, 4.69) is 44.0 Å². The van der Waals surface area contributed by atoms with Crippen molar-refractivity contribution < 1.29 is 0 Å². The number of hydrogen-bond donors (Lipinski definition) is 1. The minimum absolute atomic E-state index is 0.434. The van der Waals surface area contributed by atoms with Crippen LogP contribution in [0, 0.1) is 0 Å². The van der Waals surface area contributed by atoms with Crippen molar-refractivity contribution in [1.29, 1.82) is 0 Å². The summed E-state index contributed by atoms with van der Waals surface area (Å²) in [5.41, 5.74) is 5.70. The van der Waals surface area contributed by atoms with Crippen LogP contribution in [0.3, 0.4) is 0 Å². The molecule has 16 heavy (non-hydrogen) atoms. The van der Waals surface area contributed by atoms with Gasteiger partial charge >= 0.3 is 0 Å². The van der Waals surface area contributed by atoms with E-state index in [-0.39, 0.29) is 0 Å². The van der Waals surface area contributed by atoms with Crippen LogP contribution in [0.5, 0.6) is 0 Å². The average Bonchev–Trinajstić information content (AvgIpc) is 2.23. The molecule has 0 aromatic carbocycles. The first kappa shape index (κ1) is 13.6. The fraction of sp³-hybridized carbons (Fsp3) is 0.600. The summed E-state index contributed by atoms with van der Waals surface area (Å²) in [5, 5.41) is 0. The van der Waals surface area contributed by atoms with Crippen LogP contribution < -0.4 is 10.6 Å². The van der Waals surface area contributed by atoms with Crippen LogP contribution in [0.25, 0.3) is 0 Å². The molecule has 0 aliphatic rings. The molecule has 0 amide bonds. The number of aromatic nitrogens is 2. The number of rotatable bonds is 5. The second kappa shape index (κ2) is 6.30. The fourth-order valence-electron chi connectivity index (χ4n) is 1.44. The van der Waals surface area contributed by atoms with E-state index in [9.17, 15) is 0 Å². The van der Waals surface area contributed by atoms with E-state index in [1.807, 2.05) is 18.8 Å². The molecule has 0 fully saturated rings. The second-order valence-electron chi connectivity index (χ2n) is 3.54. The normalized spacial score (nSPS) is 12.5. The van der Waals surface area contributed by atoms with Gasteiger partial charge in [-0.15, -0.1) is 0 Å². The zero-order chi connectivity index (χ0) is 12.1. The zero-order valence-corrected chi connectivity index (χ0v) is 12.2. The number of nitrogens with zero attached hydrogens (tertiary/aromatic N) is 3. The fourth-order valence-corrected chi connectivity index (χ4v) is 2.68. The largest absolute Gasteiger partial charge is 0.383 e. The summed E-state index contributed by atoms with van der Waals surface area (Å²) >= 11 is 5.15. The number of hydrogen-bond acceptors (Lipinski definition) is 5. The Morgan fingerprint density at radius 2 is 2.25 bits per heavy atom. The standard InChI is InChI=1S/C10H17BrN4S/c1-4-7(6-16-3)15(2)10-13-8(11)5-9(12)14-10/h5,7H,4,6H2,1-3H3,(H2,12,13,14). The summed E-state index contributed by atoms with van der Waals surface area (Å²) in [7, 11) is 2.01. The summed E-state index contributed by atoms with van der Waals surface area (Å²) in [6.45, 7) is 2.17. The molecule has 0 saturated carbocycles. The Bertz CT molecular complexity index is 327. The number of anilines is 2. The van der Waals surface area contributed by atoms with Gasteiger partial charge in [0.2, 0.25) is 5.95 Å². The van der Waals surface area contributed by atoms with Crippen LogP contribution in [0.2, 0.25) is 0 Å². The van der Waals surface area contributed by atoms with E-state index >= 15 is 0 Å². The van der Waals surface area contributed by atoms with Gasteiger partial charge in [-0.25, -0.2) is 4.98 Å². The van der Waals surface area contributed by atoms with Gasteiger partial charge in [0.1, 0.15) is 10.4 Å². The van der Waals surface area contributed by atoms with E-state index in [1.54, 1.807) is 6.07 Å². The van der Waals surface area contributed by atoms with Crippen molar-refractivity contribution in [3.63, 3.8) is 0 Å². The van der Waals surface area contributed by atoms with Crippen molar-refractivity contribution in [2.45, 2.75) is 19.4 Å². The van der Waals surface area contributed by atoms with Crippen molar-refractivity contribution in [2.24, 2.45) is 0 Å². The molecule has 4 nitrogen and oxygen atoms in total. The lowest BCUT2D eigenvalue weighted by Gasteiger charge is -2.26. The number of nitrogen functional groups attached to an aromatic ring is 1. The Morgan fingerprint density at radius 1 is 1.56 bits per heavy atom. The van der Waals surface area contributed by atoms with Crippen LogP contribution in [0.15, 0.2) is 10.7 Å². The predicted molar refractivity (Wildman–Crippen MR) is 75.0 cm³/mol. The van der Waals surface area contributed by atoms with E-state index < -0.39 is 0 Å². The number of halogens is 1. The maximum atomic E-state index is 5.70. The van der Waals surface area contributed by atoms with Gasteiger partial charge in [0.25, 0.3) is 0 Å². The zero-order valence-electron chi connectivity index (χ0n) is 9.77. The Labute approximate surface area is 109 Å². The van der Waals surface area contributed by atoms with E-state index in [0.717, 1.165) is 16.8 Å². The smallest absolute Gasteiger partial charge is 0.228 e. The molecule has 90 valence electrons. The van der Waals surface area contributed by atoms with Crippen LogP contribution >= 0.6 is 27.7 Å². The molecule has 0 saturated heterocycles. The Morgan fingerprint density at radius 3 is 2.75 bits per heavy atom. The lowest BCUT2D eigenvalue weighted by Crippen LogP contribution is -2.34. The molecule has 0 aliphatic heterocycles. The Balaban J connectivity index is 2.89. The molecule has 2 N–H and O–H groups in total. The third-order valence-electron chi connectivity index (χ3n) is 2.40. The molecule has 1 aromatic rings. The van der Waals surface area contributed by atoms with Crippen LogP contribution in [-0.4, -0.2) is 35.1 Å². The Hall–Kier alpha value is -0.490. The van der Waals surface area contributed by atoms with Gasteiger partial charge in [0.05, 0.1) is 0 Å². The minimum atomic E-state index is 0.434. The molecular weight excluding hydrogens is 288 g/mol. The number of nitrogens with two attached hydrogens (primary N) is 1. The maximum absolute atomic E-state index is 5.70. The molecule has 1 rings (SSSR count). The summed E-state index contributed by atoms with van der Waals surface area (Å²) in [5.74, 6) is 2.22. The first-order valence-electron chi connectivity index (χ1n) is 5.10. The van der Waals surface area contributed by atoms with Crippen LogP contribution in [0.1, 0.15) is 13.3 Å². The lowest BCUT2D eigenvalue weighted by molar-refractivity contribution is 0.657. The van der Waals surface area contributed by atoms with Gasteiger partial charge in [-0.1, -0.05) is 6.92 Å². The summed E-state index contributed by atoms with van der Waals surface area (Å²) in [4.78, 5) is 10.6. The highest BCUT2D eigenvalue weighted by atomic mass is 79.9. The second-order valence-corrected chi connectivity index (χ2v) is 5.27. The van der Waals surface area contributed by atoms with Crippen molar-refractivity contribution in [3.8, 4) is 0 Å². The van der Waals surface area contributed by atoms with Gasteiger partial charge in [0.15, 0.2) is 0 Å². The van der Waals surface area contributed by atoms with Crippen molar-refractivity contribution >= 4 is 39.5 Å². The minimum Gasteiger partial charge on any atom is -0.383 e. The molecule has 6 heteroatoms. The third-order valence-corrected chi connectivity index (χ3v) is 3.52. The third kappa shape index (κ3) is 3.52. The van der Waals surface area contributed by atoms with Gasteiger partial charge < -0.3 is 10.6 Å². The van der Waals surface area contributed by atoms with E-state index in [1.165, 1.54) is 0 Å². The Kier molecular flexibility index (Phi) is 5.34. The molecular formula is C10H17BrN4S. The lowest BCUT2D eigenvalue weighted by atomic mass is 10.2. The highest BCUT2D eigenvalue weighted by Crippen LogP contribution is 2.19. The van der Waals surface area contributed by atoms with E-state index in [4.69, 9.17) is 5.73 Å². The molecule has 1 aromatic heterocycles. The average molecular weight is 305 g/mol. The van der Waals surface area contributed by atoms with Gasteiger partial charge in [-0.2, -0.15) is 16.7 Å². The van der Waals surface area contributed by atoms with Crippen molar-refractivity contribution in [1.82, 2.24) is 9.97 Å². The molecule has 0 spiro atoms. The summed E-state index contributed by atoms with van der Waals surface area (Å²) in [6, 6.07) is 2.14. The molecule has 0 radical (unpaired) electrons. The summed E-state index contributed by atoms with van der Waals surface area (Å²) < 4.78 is 0.723. The first-order valence-corrected chi connectivity index (χ1v) is 7.29. The molecule has 1 atom stereocenters. The van der Waals surface area contributed by atoms with Crippen molar-refractivity contribution in [3.05, 3.63) is 10.7 Å². The molecule has 0 bridgehead atoms. The monoisotopic (exact) mass is 304 g/mol. The molecule has 1 unspecified atom stereocenters. The maximum Gasteiger partial charge on any atom is 0.228 e. The number of thioether (sulfide) groups is 1. The van der Waals surface area contributed by atoms with Gasteiger partial charge in [0, 0.05) is 24.9 Å².